The first-order valence-corrected chi connectivity index (χ1v) is 5.15. The largest absolute Gasteiger partial charge is 0.381 e. The van der Waals surface area contributed by atoms with Gasteiger partial charge in [0, 0.05) is 19.0 Å². The van der Waals surface area contributed by atoms with Gasteiger partial charge in [0.1, 0.15) is 6.33 Å². The molecule has 1 aliphatic rings. The molecule has 0 amide bonds. The fourth-order valence-corrected chi connectivity index (χ4v) is 1.69. The van der Waals surface area contributed by atoms with Gasteiger partial charge in [-0.25, -0.2) is 9.97 Å². The fraction of sp³-hybridized carbons (Fsp3) is 0.600. The lowest BCUT2D eigenvalue weighted by Crippen LogP contribution is -2.18. The van der Waals surface area contributed by atoms with E-state index in [0.717, 1.165) is 12.2 Å². The van der Waals surface area contributed by atoms with Gasteiger partial charge in [-0.3, -0.25) is 0 Å². The van der Waals surface area contributed by atoms with Crippen LogP contribution in [0.25, 0.3) is 0 Å². The first kappa shape index (κ1) is 9.40. The van der Waals surface area contributed by atoms with E-state index in [2.05, 4.69) is 15.3 Å². The van der Waals surface area contributed by atoms with Crippen molar-refractivity contribution in [3.8, 4) is 0 Å². The number of anilines is 1. The molecule has 4 nitrogen and oxygen atoms in total. The summed E-state index contributed by atoms with van der Waals surface area (Å²) in [5, 5.41) is 3.26. The van der Waals surface area contributed by atoms with Crippen LogP contribution in [0.15, 0.2) is 12.5 Å². The van der Waals surface area contributed by atoms with Crippen LogP contribution in [-0.4, -0.2) is 23.1 Å². The Labute approximate surface area is 83.9 Å². The highest BCUT2D eigenvalue weighted by molar-refractivity contribution is 5.47. The lowest BCUT2D eigenvalue weighted by molar-refractivity contribution is 0.411. The summed E-state index contributed by atoms with van der Waals surface area (Å²) < 4.78 is 0. The zero-order valence-electron chi connectivity index (χ0n) is 8.24. The molecule has 4 heteroatoms. The maximum Gasteiger partial charge on any atom is 0.115 e. The quantitative estimate of drug-likeness (QED) is 0.750. The molecule has 0 atom stereocenters. The number of aromatic nitrogens is 2. The van der Waals surface area contributed by atoms with Crippen molar-refractivity contribution >= 4 is 5.69 Å². The van der Waals surface area contributed by atoms with E-state index in [9.17, 15) is 0 Å². The van der Waals surface area contributed by atoms with Gasteiger partial charge in [0.25, 0.3) is 0 Å². The Morgan fingerprint density at radius 2 is 2.36 bits per heavy atom. The van der Waals surface area contributed by atoms with Gasteiger partial charge in [-0.15, -0.1) is 0 Å². The maximum absolute atomic E-state index is 5.45. The highest BCUT2D eigenvalue weighted by Crippen LogP contribution is 2.37. The van der Waals surface area contributed by atoms with E-state index in [1.807, 2.05) is 6.20 Å². The van der Waals surface area contributed by atoms with E-state index in [4.69, 9.17) is 5.73 Å². The van der Waals surface area contributed by atoms with Gasteiger partial charge in [0.2, 0.25) is 0 Å². The summed E-state index contributed by atoms with van der Waals surface area (Å²) in [4.78, 5) is 8.36. The van der Waals surface area contributed by atoms with Crippen molar-refractivity contribution in [1.29, 1.82) is 0 Å². The third-order valence-corrected chi connectivity index (χ3v) is 2.69. The molecule has 0 unspecified atom stereocenters. The molecule has 3 N–H and O–H groups in total. The minimum Gasteiger partial charge on any atom is -0.381 e. The predicted octanol–water partition coefficient (Wildman–Crippen LogP) is 1.11. The van der Waals surface area contributed by atoms with Gasteiger partial charge in [-0.05, 0) is 12.8 Å². The second kappa shape index (κ2) is 4.37. The van der Waals surface area contributed by atoms with E-state index < -0.39 is 0 Å². The molecule has 1 aliphatic carbocycles. The van der Waals surface area contributed by atoms with E-state index in [1.165, 1.54) is 25.0 Å². The van der Waals surface area contributed by atoms with Gasteiger partial charge >= 0.3 is 0 Å². The predicted molar refractivity (Wildman–Crippen MR) is 56.2 cm³/mol. The molecular formula is C10H16N4. The normalized spacial score (nSPS) is 16.4. The average molecular weight is 192 g/mol. The molecule has 1 heterocycles. The van der Waals surface area contributed by atoms with Gasteiger partial charge in [0.05, 0.1) is 17.6 Å². The Kier molecular flexibility index (Phi) is 2.93. The Morgan fingerprint density at radius 1 is 1.50 bits per heavy atom. The smallest absolute Gasteiger partial charge is 0.115 e. The number of hydrogen-bond donors (Lipinski definition) is 2. The van der Waals surface area contributed by atoms with Gasteiger partial charge in [-0.1, -0.05) is 6.42 Å². The summed E-state index contributed by atoms with van der Waals surface area (Å²) >= 11 is 0. The molecule has 1 aromatic rings. The van der Waals surface area contributed by atoms with Gasteiger partial charge in [0.15, 0.2) is 0 Å². The molecule has 0 aliphatic heterocycles. The zero-order chi connectivity index (χ0) is 9.80. The summed E-state index contributed by atoms with van der Waals surface area (Å²) in [6.07, 6.45) is 7.31. The Bertz CT molecular complexity index is 296. The summed E-state index contributed by atoms with van der Waals surface area (Å²) in [6, 6.07) is 0. The molecule has 1 aromatic heterocycles. The number of nitrogens with two attached hydrogens (primary N) is 1. The summed E-state index contributed by atoms with van der Waals surface area (Å²) in [5.74, 6) is 0.637. The van der Waals surface area contributed by atoms with Crippen LogP contribution < -0.4 is 11.1 Å². The van der Waals surface area contributed by atoms with E-state index in [-0.39, 0.29) is 0 Å². The summed E-state index contributed by atoms with van der Waals surface area (Å²) in [7, 11) is 0. The van der Waals surface area contributed by atoms with Crippen molar-refractivity contribution in [3.05, 3.63) is 18.2 Å². The topological polar surface area (TPSA) is 63.8 Å². The van der Waals surface area contributed by atoms with E-state index in [0.29, 0.717) is 12.5 Å². The molecule has 0 spiro atoms. The molecule has 1 fully saturated rings. The molecule has 0 saturated heterocycles. The number of hydrogen-bond acceptors (Lipinski definition) is 4. The van der Waals surface area contributed by atoms with Gasteiger partial charge in [-0.2, -0.15) is 0 Å². The molecule has 76 valence electrons. The van der Waals surface area contributed by atoms with Crippen LogP contribution in [-0.2, 0) is 0 Å². The van der Waals surface area contributed by atoms with Crippen molar-refractivity contribution in [1.82, 2.24) is 9.97 Å². The fourth-order valence-electron chi connectivity index (χ4n) is 1.69. The van der Waals surface area contributed by atoms with Gasteiger partial charge < -0.3 is 11.1 Å². The molecule has 0 radical (unpaired) electrons. The van der Waals surface area contributed by atoms with Crippen molar-refractivity contribution in [2.24, 2.45) is 5.73 Å². The molecule has 14 heavy (non-hydrogen) atoms. The maximum atomic E-state index is 5.45. The van der Waals surface area contributed by atoms with Crippen molar-refractivity contribution < 1.29 is 0 Å². The lowest BCUT2D eigenvalue weighted by atomic mass is 9.82. The summed E-state index contributed by atoms with van der Waals surface area (Å²) in [6.45, 7) is 1.42. The minimum absolute atomic E-state index is 0.637. The lowest BCUT2D eigenvalue weighted by Gasteiger charge is -2.26. The summed E-state index contributed by atoms with van der Waals surface area (Å²) in [5.41, 5.74) is 7.67. The van der Waals surface area contributed by atoms with Crippen molar-refractivity contribution in [3.63, 3.8) is 0 Å². The van der Waals surface area contributed by atoms with Crippen LogP contribution in [0.5, 0.6) is 0 Å². The van der Waals surface area contributed by atoms with Crippen LogP contribution in [0.1, 0.15) is 30.9 Å². The van der Waals surface area contributed by atoms with Crippen molar-refractivity contribution in [2.45, 2.75) is 25.2 Å². The monoisotopic (exact) mass is 192 g/mol. The van der Waals surface area contributed by atoms with E-state index >= 15 is 0 Å². The number of nitrogens with one attached hydrogen (secondary N) is 1. The second-order valence-corrected chi connectivity index (χ2v) is 3.66. The van der Waals surface area contributed by atoms with Crippen LogP contribution in [0.4, 0.5) is 5.69 Å². The zero-order valence-corrected chi connectivity index (χ0v) is 8.24. The average Bonchev–Trinajstić information content (AvgIpc) is 2.14. The van der Waals surface area contributed by atoms with Crippen LogP contribution in [0.2, 0.25) is 0 Å². The highest BCUT2D eigenvalue weighted by Gasteiger charge is 2.23. The van der Waals surface area contributed by atoms with Crippen LogP contribution >= 0.6 is 0 Å². The van der Waals surface area contributed by atoms with Crippen LogP contribution in [0.3, 0.4) is 0 Å². The Hall–Kier alpha value is -1.16. The van der Waals surface area contributed by atoms with Crippen LogP contribution in [0, 0.1) is 0 Å². The SMILES string of the molecule is NCCNc1cncnc1C1CCC1. The molecule has 1 saturated carbocycles. The second-order valence-electron chi connectivity index (χ2n) is 3.66. The van der Waals surface area contributed by atoms with E-state index in [1.54, 1.807) is 6.33 Å². The molecule has 0 aromatic carbocycles. The Morgan fingerprint density at radius 3 is 3.00 bits per heavy atom. The molecule has 0 bridgehead atoms. The number of nitrogens with zero attached hydrogens (tertiary/aromatic N) is 2. The van der Waals surface area contributed by atoms with Crippen molar-refractivity contribution in [2.75, 3.05) is 18.4 Å². The Balaban J connectivity index is 2.11. The standard InChI is InChI=1S/C10H16N4/c11-4-5-13-9-6-12-7-14-10(9)8-2-1-3-8/h6-8,13H,1-5,11H2. The molecule has 2 rings (SSSR count). The highest BCUT2D eigenvalue weighted by atomic mass is 15.0. The third kappa shape index (κ3) is 1.85. The third-order valence-electron chi connectivity index (χ3n) is 2.69. The minimum atomic E-state index is 0.637. The first-order valence-electron chi connectivity index (χ1n) is 5.15. The number of rotatable bonds is 4. The molecular weight excluding hydrogens is 176 g/mol. The first-order chi connectivity index (χ1) is 6.92.